The van der Waals surface area contributed by atoms with Gasteiger partial charge in [0, 0.05) is 11.0 Å². The summed E-state index contributed by atoms with van der Waals surface area (Å²) < 4.78 is 1.85. The summed E-state index contributed by atoms with van der Waals surface area (Å²) in [5, 5.41) is 10.7. The Hall–Kier alpha value is -0.780. The molecule has 14 heavy (non-hydrogen) atoms. The largest absolute Gasteiger partial charge is 0.289 e. The molecule has 0 saturated carbocycles. The van der Waals surface area contributed by atoms with Gasteiger partial charge in [-0.05, 0) is 38.2 Å². The minimum absolute atomic E-state index is 0.0569. The Balaban J connectivity index is 3.00. The average molecular weight is 233 g/mol. The normalized spacial score (nSPS) is 10.6. The van der Waals surface area contributed by atoms with Gasteiger partial charge in [0.1, 0.15) is 5.02 Å². The van der Waals surface area contributed by atoms with Gasteiger partial charge in [0.15, 0.2) is 0 Å². The maximum atomic E-state index is 10.6. The van der Waals surface area contributed by atoms with Crippen LogP contribution in [0.3, 0.4) is 0 Å². The van der Waals surface area contributed by atoms with Crippen LogP contribution in [0.2, 0.25) is 5.02 Å². The molecule has 0 bridgehead atoms. The number of nitro groups is 1. The molecule has 0 aromatic heterocycles. The van der Waals surface area contributed by atoms with Crippen LogP contribution in [-0.4, -0.2) is 23.3 Å². The van der Waals surface area contributed by atoms with E-state index in [2.05, 4.69) is 0 Å². The molecule has 4 nitrogen and oxygen atoms in total. The first-order chi connectivity index (χ1) is 6.50. The summed E-state index contributed by atoms with van der Waals surface area (Å²) >= 11 is 7.07. The summed E-state index contributed by atoms with van der Waals surface area (Å²) in [7, 11) is 3.73. The van der Waals surface area contributed by atoms with Crippen LogP contribution in [0.4, 0.5) is 5.69 Å². The smallest absolute Gasteiger partial charge is 0.258 e. The van der Waals surface area contributed by atoms with Crippen molar-refractivity contribution in [3.05, 3.63) is 33.3 Å². The fourth-order valence-corrected chi connectivity index (χ4v) is 1.80. The van der Waals surface area contributed by atoms with Crippen LogP contribution in [-0.2, 0) is 0 Å². The fraction of sp³-hybridized carbons (Fsp3) is 0.250. The minimum atomic E-state index is -0.484. The van der Waals surface area contributed by atoms with Gasteiger partial charge in [-0.15, -0.1) is 0 Å². The second-order valence-electron chi connectivity index (χ2n) is 2.77. The number of benzene rings is 1. The minimum Gasteiger partial charge on any atom is -0.258 e. The Bertz CT molecular complexity index is 357. The van der Waals surface area contributed by atoms with Crippen molar-refractivity contribution in [3.8, 4) is 0 Å². The highest BCUT2D eigenvalue weighted by molar-refractivity contribution is 7.97. The third-order valence-corrected chi connectivity index (χ3v) is 2.55. The SMILES string of the molecule is CN(C)Sc1ccc(Cl)c([N+](=O)[O-])c1. The molecule has 0 aliphatic rings. The van der Waals surface area contributed by atoms with Gasteiger partial charge >= 0.3 is 0 Å². The van der Waals surface area contributed by atoms with Crippen LogP contribution >= 0.6 is 23.5 Å². The first-order valence-corrected chi connectivity index (χ1v) is 4.95. The van der Waals surface area contributed by atoms with Crippen molar-refractivity contribution in [2.24, 2.45) is 0 Å². The molecule has 0 amide bonds. The Kier molecular flexibility index (Phi) is 3.74. The van der Waals surface area contributed by atoms with Crippen molar-refractivity contribution < 1.29 is 4.92 Å². The molecule has 0 spiro atoms. The quantitative estimate of drug-likeness (QED) is 0.457. The van der Waals surface area contributed by atoms with E-state index in [0.29, 0.717) is 0 Å². The van der Waals surface area contributed by atoms with E-state index in [4.69, 9.17) is 11.6 Å². The summed E-state index contributed by atoms with van der Waals surface area (Å²) in [6.07, 6.45) is 0. The van der Waals surface area contributed by atoms with Crippen LogP contribution in [0.5, 0.6) is 0 Å². The van der Waals surface area contributed by atoms with Gasteiger partial charge in [-0.1, -0.05) is 11.6 Å². The van der Waals surface area contributed by atoms with Crippen LogP contribution in [0.1, 0.15) is 0 Å². The predicted octanol–water partition coefficient (Wildman–Crippen LogP) is 2.82. The van der Waals surface area contributed by atoms with Gasteiger partial charge in [-0.3, -0.25) is 14.4 Å². The molecule has 0 fully saturated rings. The lowest BCUT2D eigenvalue weighted by Crippen LogP contribution is -1.99. The van der Waals surface area contributed by atoms with Crippen molar-refractivity contribution in [1.82, 2.24) is 4.31 Å². The van der Waals surface area contributed by atoms with E-state index in [1.54, 1.807) is 6.07 Å². The predicted molar refractivity (Wildman–Crippen MR) is 57.7 cm³/mol. The molecule has 0 unspecified atom stereocenters. The molecule has 76 valence electrons. The van der Waals surface area contributed by atoms with Gasteiger partial charge in [0.2, 0.25) is 0 Å². The molecule has 1 aromatic carbocycles. The van der Waals surface area contributed by atoms with E-state index in [1.165, 1.54) is 24.1 Å². The first-order valence-electron chi connectivity index (χ1n) is 3.80. The number of hydrogen-bond acceptors (Lipinski definition) is 4. The third-order valence-electron chi connectivity index (χ3n) is 1.40. The number of nitrogens with zero attached hydrogens (tertiary/aromatic N) is 2. The molecule has 0 aliphatic carbocycles. The molecule has 0 aliphatic heterocycles. The summed E-state index contributed by atoms with van der Waals surface area (Å²) in [5.41, 5.74) is -0.0569. The Labute approximate surface area is 91.1 Å². The zero-order chi connectivity index (χ0) is 10.7. The third kappa shape index (κ3) is 2.87. The zero-order valence-corrected chi connectivity index (χ0v) is 9.30. The Morgan fingerprint density at radius 2 is 2.14 bits per heavy atom. The molecule has 0 radical (unpaired) electrons. The van der Waals surface area contributed by atoms with E-state index < -0.39 is 4.92 Å². The maximum Gasteiger partial charge on any atom is 0.289 e. The van der Waals surface area contributed by atoms with Crippen LogP contribution in [0, 0.1) is 10.1 Å². The molecule has 0 heterocycles. The van der Waals surface area contributed by atoms with Crippen molar-refractivity contribution in [2.45, 2.75) is 4.90 Å². The standard InChI is InChI=1S/C8H9ClN2O2S/c1-10(2)14-6-3-4-7(9)8(5-6)11(12)13/h3-5H,1-2H3. The first kappa shape index (κ1) is 11.3. The van der Waals surface area contributed by atoms with Crippen LogP contribution < -0.4 is 0 Å². The summed E-state index contributed by atoms with van der Waals surface area (Å²) in [6.45, 7) is 0. The van der Waals surface area contributed by atoms with E-state index in [9.17, 15) is 10.1 Å². The van der Waals surface area contributed by atoms with Crippen LogP contribution in [0.15, 0.2) is 23.1 Å². The topological polar surface area (TPSA) is 46.4 Å². The number of halogens is 1. The molecule has 6 heteroatoms. The highest BCUT2D eigenvalue weighted by atomic mass is 35.5. The molecular formula is C8H9ClN2O2S. The van der Waals surface area contributed by atoms with Crippen molar-refractivity contribution in [2.75, 3.05) is 14.1 Å². The second kappa shape index (κ2) is 4.63. The van der Waals surface area contributed by atoms with E-state index in [-0.39, 0.29) is 10.7 Å². The lowest BCUT2D eigenvalue weighted by Gasteiger charge is -2.07. The van der Waals surface area contributed by atoms with Crippen molar-refractivity contribution in [3.63, 3.8) is 0 Å². The lowest BCUT2D eigenvalue weighted by molar-refractivity contribution is -0.384. The van der Waals surface area contributed by atoms with Gasteiger partial charge in [-0.25, -0.2) is 0 Å². The highest BCUT2D eigenvalue weighted by Gasteiger charge is 2.13. The zero-order valence-electron chi connectivity index (χ0n) is 7.73. The summed E-state index contributed by atoms with van der Waals surface area (Å²) in [6, 6.07) is 4.75. The molecule has 1 aromatic rings. The average Bonchev–Trinajstić information content (AvgIpc) is 2.07. The van der Waals surface area contributed by atoms with E-state index in [1.807, 2.05) is 18.4 Å². The van der Waals surface area contributed by atoms with Crippen molar-refractivity contribution >= 4 is 29.2 Å². The van der Waals surface area contributed by atoms with Crippen LogP contribution in [0.25, 0.3) is 0 Å². The molecular weight excluding hydrogens is 224 g/mol. The fourth-order valence-electron chi connectivity index (χ4n) is 0.900. The summed E-state index contributed by atoms with van der Waals surface area (Å²) in [5.74, 6) is 0. The Morgan fingerprint density at radius 3 is 2.64 bits per heavy atom. The van der Waals surface area contributed by atoms with Gasteiger partial charge in [0.05, 0.1) is 4.92 Å². The number of hydrogen-bond donors (Lipinski definition) is 0. The number of rotatable bonds is 3. The van der Waals surface area contributed by atoms with E-state index in [0.717, 1.165) is 4.90 Å². The Morgan fingerprint density at radius 1 is 1.50 bits per heavy atom. The second-order valence-corrected chi connectivity index (χ2v) is 4.57. The monoisotopic (exact) mass is 232 g/mol. The van der Waals surface area contributed by atoms with Gasteiger partial charge < -0.3 is 0 Å². The van der Waals surface area contributed by atoms with Gasteiger partial charge in [-0.2, -0.15) is 0 Å². The molecule has 0 N–H and O–H groups in total. The molecule has 0 saturated heterocycles. The summed E-state index contributed by atoms with van der Waals surface area (Å²) in [4.78, 5) is 10.9. The van der Waals surface area contributed by atoms with Crippen molar-refractivity contribution in [1.29, 1.82) is 0 Å². The highest BCUT2D eigenvalue weighted by Crippen LogP contribution is 2.30. The van der Waals surface area contributed by atoms with Gasteiger partial charge in [0.25, 0.3) is 5.69 Å². The lowest BCUT2D eigenvalue weighted by atomic mass is 10.3. The maximum absolute atomic E-state index is 10.6. The van der Waals surface area contributed by atoms with E-state index >= 15 is 0 Å². The molecule has 0 atom stereocenters. The number of nitro benzene ring substituents is 1. The molecule has 1 rings (SSSR count).